The SMILES string of the molecule is COc1cccc(Nc2ncc3c(n2)C(C)(C(=O)NCC2CC2)CC3)c1. The summed E-state index contributed by atoms with van der Waals surface area (Å²) in [6.45, 7) is 2.77. The number of anilines is 2. The second kappa shape index (κ2) is 6.59. The lowest BCUT2D eigenvalue weighted by Crippen LogP contribution is -2.42. The first-order chi connectivity index (χ1) is 12.6. The Kier molecular flexibility index (Phi) is 4.26. The van der Waals surface area contributed by atoms with E-state index < -0.39 is 5.41 Å². The molecule has 0 bridgehead atoms. The minimum Gasteiger partial charge on any atom is -0.497 e. The molecule has 0 radical (unpaired) electrons. The summed E-state index contributed by atoms with van der Waals surface area (Å²) >= 11 is 0. The molecule has 2 aromatic rings. The average molecular weight is 352 g/mol. The first-order valence-corrected chi connectivity index (χ1v) is 9.14. The highest BCUT2D eigenvalue weighted by atomic mass is 16.5. The molecule has 0 saturated heterocycles. The zero-order valence-electron chi connectivity index (χ0n) is 15.2. The molecule has 1 amide bonds. The van der Waals surface area contributed by atoms with Gasteiger partial charge in [0, 0.05) is 24.5 Å². The molecular formula is C20H24N4O2. The highest BCUT2D eigenvalue weighted by molar-refractivity contribution is 5.88. The summed E-state index contributed by atoms with van der Waals surface area (Å²) in [5.74, 6) is 2.01. The van der Waals surface area contributed by atoms with Gasteiger partial charge in [-0.05, 0) is 56.2 Å². The molecule has 2 aliphatic rings. The van der Waals surface area contributed by atoms with Crippen molar-refractivity contribution in [2.75, 3.05) is 19.0 Å². The second-order valence-corrected chi connectivity index (χ2v) is 7.41. The topological polar surface area (TPSA) is 76.1 Å². The quantitative estimate of drug-likeness (QED) is 0.836. The van der Waals surface area contributed by atoms with Crippen molar-refractivity contribution in [2.24, 2.45) is 5.92 Å². The van der Waals surface area contributed by atoms with Crippen molar-refractivity contribution >= 4 is 17.5 Å². The van der Waals surface area contributed by atoms with Crippen molar-refractivity contribution in [3.63, 3.8) is 0 Å². The van der Waals surface area contributed by atoms with E-state index in [1.165, 1.54) is 12.8 Å². The Balaban J connectivity index is 1.55. The van der Waals surface area contributed by atoms with Crippen molar-refractivity contribution in [1.82, 2.24) is 15.3 Å². The standard InChI is InChI=1S/C20H24N4O2/c1-20(18(25)21-11-13-6-7-13)9-8-14-12-22-19(24-17(14)20)23-15-4-3-5-16(10-15)26-2/h3-5,10,12-13H,6-9,11H2,1-2H3,(H,21,25)(H,22,23,24). The fourth-order valence-electron chi connectivity index (χ4n) is 3.44. The summed E-state index contributed by atoms with van der Waals surface area (Å²) in [6, 6.07) is 7.61. The lowest BCUT2D eigenvalue weighted by atomic mass is 9.86. The Bertz CT molecular complexity index is 834. The number of amides is 1. The fourth-order valence-corrected chi connectivity index (χ4v) is 3.44. The van der Waals surface area contributed by atoms with Crippen molar-refractivity contribution < 1.29 is 9.53 Å². The number of ether oxygens (including phenoxy) is 1. The number of carbonyl (C=O) groups excluding carboxylic acids is 1. The summed E-state index contributed by atoms with van der Waals surface area (Å²) in [5, 5.41) is 6.33. The van der Waals surface area contributed by atoms with E-state index in [9.17, 15) is 4.79 Å². The molecule has 1 aromatic heterocycles. The van der Waals surface area contributed by atoms with E-state index >= 15 is 0 Å². The van der Waals surface area contributed by atoms with Crippen LogP contribution in [0.5, 0.6) is 5.75 Å². The monoisotopic (exact) mass is 352 g/mol. The van der Waals surface area contributed by atoms with Gasteiger partial charge in [-0.1, -0.05) is 6.07 Å². The van der Waals surface area contributed by atoms with E-state index in [0.717, 1.165) is 42.1 Å². The maximum Gasteiger partial charge on any atom is 0.232 e. The lowest BCUT2D eigenvalue weighted by Gasteiger charge is -2.23. The first kappa shape index (κ1) is 16.8. The molecule has 0 spiro atoms. The first-order valence-electron chi connectivity index (χ1n) is 9.14. The number of fused-ring (bicyclic) bond motifs is 1. The van der Waals surface area contributed by atoms with Crippen LogP contribution in [-0.4, -0.2) is 29.5 Å². The number of aryl methyl sites for hydroxylation is 1. The maximum absolute atomic E-state index is 12.8. The average Bonchev–Trinajstić information content (AvgIpc) is 3.43. The van der Waals surface area contributed by atoms with E-state index in [0.29, 0.717) is 11.9 Å². The fraction of sp³-hybridized carbons (Fsp3) is 0.450. The number of nitrogens with zero attached hydrogens (tertiary/aromatic N) is 2. The van der Waals surface area contributed by atoms with Crippen LogP contribution in [0.25, 0.3) is 0 Å². The van der Waals surface area contributed by atoms with Crippen molar-refractivity contribution in [3.8, 4) is 5.75 Å². The van der Waals surface area contributed by atoms with Gasteiger partial charge in [0.05, 0.1) is 18.2 Å². The van der Waals surface area contributed by atoms with Gasteiger partial charge in [-0.2, -0.15) is 0 Å². The highest BCUT2D eigenvalue weighted by Gasteiger charge is 2.43. The van der Waals surface area contributed by atoms with E-state index in [4.69, 9.17) is 9.72 Å². The van der Waals surface area contributed by atoms with Crippen LogP contribution < -0.4 is 15.4 Å². The molecule has 0 aliphatic heterocycles. The molecule has 26 heavy (non-hydrogen) atoms. The maximum atomic E-state index is 12.8. The van der Waals surface area contributed by atoms with E-state index in [1.807, 2.05) is 37.4 Å². The number of carbonyl (C=O) groups is 1. The molecule has 2 aliphatic carbocycles. The van der Waals surface area contributed by atoms with Gasteiger partial charge in [-0.3, -0.25) is 4.79 Å². The van der Waals surface area contributed by atoms with Crippen LogP contribution in [0.4, 0.5) is 11.6 Å². The molecule has 1 heterocycles. The highest BCUT2D eigenvalue weighted by Crippen LogP contribution is 2.38. The third kappa shape index (κ3) is 3.23. The number of aromatic nitrogens is 2. The lowest BCUT2D eigenvalue weighted by molar-refractivity contribution is -0.126. The van der Waals surface area contributed by atoms with Crippen molar-refractivity contribution in [3.05, 3.63) is 41.7 Å². The Morgan fingerprint density at radius 2 is 2.23 bits per heavy atom. The van der Waals surface area contributed by atoms with Crippen molar-refractivity contribution in [1.29, 1.82) is 0 Å². The molecular weight excluding hydrogens is 328 g/mol. The largest absolute Gasteiger partial charge is 0.497 e. The molecule has 1 unspecified atom stereocenters. The number of hydrogen-bond acceptors (Lipinski definition) is 5. The smallest absolute Gasteiger partial charge is 0.232 e. The number of methoxy groups -OCH3 is 1. The predicted molar refractivity (Wildman–Crippen MR) is 99.7 cm³/mol. The van der Waals surface area contributed by atoms with E-state index in [-0.39, 0.29) is 5.91 Å². The Morgan fingerprint density at radius 1 is 1.38 bits per heavy atom. The minimum atomic E-state index is -0.585. The van der Waals surface area contributed by atoms with Crippen LogP contribution in [0, 0.1) is 5.92 Å². The summed E-state index contributed by atoms with van der Waals surface area (Å²) in [6.07, 6.45) is 5.90. The Morgan fingerprint density at radius 3 is 3.00 bits per heavy atom. The molecule has 1 saturated carbocycles. The van der Waals surface area contributed by atoms with Gasteiger partial charge in [0.2, 0.25) is 11.9 Å². The molecule has 1 aromatic carbocycles. The van der Waals surface area contributed by atoms with Crippen LogP contribution in [0.3, 0.4) is 0 Å². The minimum absolute atomic E-state index is 0.0779. The van der Waals surface area contributed by atoms with Gasteiger partial charge in [0.15, 0.2) is 0 Å². The third-order valence-electron chi connectivity index (χ3n) is 5.36. The summed E-state index contributed by atoms with van der Waals surface area (Å²) in [7, 11) is 1.64. The van der Waals surface area contributed by atoms with Gasteiger partial charge in [0.1, 0.15) is 5.75 Å². The summed E-state index contributed by atoms with van der Waals surface area (Å²) in [4.78, 5) is 21.9. The normalized spacial score (nSPS) is 21.2. The Labute approximate surface area is 153 Å². The number of nitrogens with one attached hydrogen (secondary N) is 2. The zero-order valence-corrected chi connectivity index (χ0v) is 15.2. The second-order valence-electron chi connectivity index (χ2n) is 7.41. The molecule has 1 fully saturated rings. The van der Waals surface area contributed by atoms with Crippen LogP contribution in [0.15, 0.2) is 30.5 Å². The Hall–Kier alpha value is -2.63. The predicted octanol–water partition coefficient (Wildman–Crippen LogP) is 2.96. The summed E-state index contributed by atoms with van der Waals surface area (Å²) < 4.78 is 5.25. The molecule has 2 N–H and O–H groups in total. The van der Waals surface area contributed by atoms with E-state index in [1.54, 1.807) is 7.11 Å². The molecule has 1 atom stereocenters. The number of benzene rings is 1. The molecule has 4 rings (SSSR count). The molecule has 6 heteroatoms. The van der Waals surface area contributed by atoms with Gasteiger partial charge >= 0.3 is 0 Å². The number of hydrogen-bond donors (Lipinski definition) is 2. The molecule has 6 nitrogen and oxygen atoms in total. The van der Waals surface area contributed by atoms with Crippen molar-refractivity contribution in [2.45, 2.75) is 38.0 Å². The van der Waals surface area contributed by atoms with Gasteiger partial charge < -0.3 is 15.4 Å². The van der Waals surface area contributed by atoms with Crippen LogP contribution in [-0.2, 0) is 16.6 Å². The summed E-state index contributed by atoms with van der Waals surface area (Å²) in [5.41, 5.74) is 2.16. The van der Waals surface area contributed by atoms with Gasteiger partial charge in [0.25, 0.3) is 0 Å². The molecule has 136 valence electrons. The third-order valence-corrected chi connectivity index (χ3v) is 5.36. The van der Waals surface area contributed by atoms with Crippen LogP contribution in [0.2, 0.25) is 0 Å². The number of rotatable bonds is 6. The van der Waals surface area contributed by atoms with Gasteiger partial charge in [-0.25, -0.2) is 9.97 Å². The van der Waals surface area contributed by atoms with Gasteiger partial charge in [-0.15, -0.1) is 0 Å². The zero-order chi connectivity index (χ0) is 18.1. The van der Waals surface area contributed by atoms with Crippen LogP contribution in [0.1, 0.15) is 37.4 Å². The van der Waals surface area contributed by atoms with Crippen LogP contribution >= 0.6 is 0 Å². The van der Waals surface area contributed by atoms with E-state index in [2.05, 4.69) is 15.6 Å².